The third kappa shape index (κ3) is 5.45. The fourth-order valence-corrected chi connectivity index (χ4v) is 3.35. The van der Waals surface area contributed by atoms with Gasteiger partial charge in [0.1, 0.15) is 12.4 Å². The first-order valence-electron chi connectivity index (χ1n) is 10.2. The number of halogens is 6. The van der Waals surface area contributed by atoms with Crippen molar-refractivity contribution in [2.45, 2.75) is 12.4 Å². The Balaban J connectivity index is 1.79. The summed E-state index contributed by atoms with van der Waals surface area (Å²) in [5, 5.41) is 14.6. The number of carboxylic acid groups (broad SMARTS) is 1. The third-order valence-corrected chi connectivity index (χ3v) is 4.96. The maximum atomic E-state index is 13.5. The number of nitrogens with zero attached hydrogens (tertiary/aromatic N) is 3. The number of carboxylic acids is 1. The van der Waals surface area contributed by atoms with Crippen LogP contribution in [0.15, 0.2) is 60.8 Å². The zero-order valence-corrected chi connectivity index (χ0v) is 17.9. The Bertz CT molecular complexity index is 1420. The largest absolute Gasteiger partial charge is 0.480 e. The zero-order valence-electron chi connectivity index (χ0n) is 17.9. The molecule has 7 nitrogen and oxygen atoms in total. The first-order chi connectivity index (χ1) is 16.9. The number of nitrogens with one attached hydrogen (secondary N) is 2. The van der Waals surface area contributed by atoms with Crippen molar-refractivity contribution in [3.05, 3.63) is 71.9 Å². The second kappa shape index (κ2) is 9.32. The van der Waals surface area contributed by atoms with Gasteiger partial charge in [-0.1, -0.05) is 6.07 Å². The van der Waals surface area contributed by atoms with Gasteiger partial charge in [0.25, 0.3) is 0 Å². The van der Waals surface area contributed by atoms with Gasteiger partial charge in [0.2, 0.25) is 5.95 Å². The number of carbonyl (C=O) groups is 1. The molecule has 2 aromatic heterocycles. The summed E-state index contributed by atoms with van der Waals surface area (Å²) in [6.45, 7) is -0.552. The Kier molecular flexibility index (Phi) is 6.39. The monoisotopic (exact) mass is 507 g/mol. The first-order valence-corrected chi connectivity index (χ1v) is 10.2. The molecule has 13 heteroatoms. The number of hydrogen-bond donors (Lipinski definition) is 3. The van der Waals surface area contributed by atoms with E-state index in [4.69, 9.17) is 5.11 Å². The van der Waals surface area contributed by atoms with Gasteiger partial charge in [0.05, 0.1) is 22.3 Å². The molecular formula is C23H15F6N5O2. The maximum absolute atomic E-state index is 13.5. The lowest BCUT2D eigenvalue weighted by molar-refractivity contribution is -0.138. The summed E-state index contributed by atoms with van der Waals surface area (Å²) in [5.41, 5.74) is -1.67. The molecule has 3 N–H and O–H groups in total. The van der Waals surface area contributed by atoms with Crippen LogP contribution in [0.4, 0.5) is 43.8 Å². The molecule has 0 aliphatic heterocycles. The molecule has 0 bridgehead atoms. The highest BCUT2D eigenvalue weighted by Crippen LogP contribution is 2.37. The van der Waals surface area contributed by atoms with Gasteiger partial charge >= 0.3 is 18.3 Å². The normalized spacial score (nSPS) is 11.9. The highest BCUT2D eigenvalue weighted by molar-refractivity contribution is 5.94. The van der Waals surface area contributed by atoms with E-state index in [0.29, 0.717) is 5.39 Å². The van der Waals surface area contributed by atoms with E-state index in [0.717, 1.165) is 24.3 Å². The zero-order chi connectivity index (χ0) is 26.1. The van der Waals surface area contributed by atoms with Gasteiger partial charge in [-0.3, -0.25) is 9.78 Å². The van der Waals surface area contributed by atoms with Crippen LogP contribution < -0.4 is 10.6 Å². The molecular weight excluding hydrogens is 492 g/mol. The lowest BCUT2D eigenvalue weighted by Gasteiger charge is -2.14. The maximum Gasteiger partial charge on any atom is 0.418 e. The highest BCUT2D eigenvalue weighted by atomic mass is 19.4. The van der Waals surface area contributed by atoms with E-state index < -0.39 is 36.0 Å². The molecule has 0 unspecified atom stereocenters. The number of benzene rings is 2. The van der Waals surface area contributed by atoms with Crippen molar-refractivity contribution >= 4 is 34.3 Å². The standard InChI is InChI=1S/C23H15F6N5O2/c24-22(25,26)13-4-6-14(7-5-13)32-20-15-8-3-12(19-16(23(27,28)29)2-1-9-30-19)10-17(15)33-21(34-20)31-11-18(35)36/h1-10H,11H2,(H,35,36)(H2,31,32,33,34). The van der Waals surface area contributed by atoms with Gasteiger partial charge in [-0.15, -0.1) is 0 Å². The summed E-state index contributed by atoms with van der Waals surface area (Å²) >= 11 is 0. The number of pyridine rings is 1. The van der Waals surface area contributed by atoms with Crippen LogP contribution in [0.2, 0.25) is 0 Å². The summed E-state index contributed by atoms with van der Waals surface area (Å²) in [5.74, 6) is -1.28. The van der Waals surface area contributed by atoms with Gasteiger partial charge in [0, 0.05) is 22.8 Å². The summed E-state index contributed by atoms with van der Waals surface area (Å²) in [7, 11) is 0. The van der Waals surface area contributed by atoms with E-state index in [1.54, 1.807) is 0 Å². The van der Waals surface area contributed by atoms with Gasteiger partial charge in [-0.2, -0.15) is 31.3 Å². The number of aliphatic carboxylic acids is 1. The Labute approximate surface area is 198 Å². The fourth-order valence-electron chi connectivity index (χ4n) is 3.35. The second-order valence-electron chi connectivity index (χ2n) is 7.47. The van der Waals surface area contributed by atoms with Gasteiger partial charge in [-0.05, 0) is 48.5 Å². The molecule has 0 saturated carbocycles. The van der Waals surface area contributed by atoms with Crippen LogP contribution in [0, 0.1) is 0 Å². The fraction of sp³-hybridized carbons (Fsp3) is 0.130. The van der Waals surface area contributed by atoms with E-state index in [-0.39, 0.29) is 34.2 Å². The van der Waals surface area contributed by atoms with Crippen LogP contribution in [-0.2, 0) is 17.1 Å². The van der Waals surface area contributed by atoms with Crippen molar-refractivity contribution in [2.24, 2.45) is 0 Å². The molecule has 0 fully saturated rings. The van der Waals surface area contributed by atoms with Crippen LogP contribution in [0.1, 0.15) is 11.1 Å². The molecule has 36 heavy (non-hydrogen) atoms. The van der Waals surface area contributed by atoms with Crippen molar-refractivity contribution in [1.29, 1.82) is 0 Å². The van der Waals surface area contributed by atoms with E-state index in [9.17, 15) is 31.1 Å². The Morgan fingerprint density at radius 3 is 2.28 bits per heavy atom. The number of hydrogen-bond acceptors (Lipinski definition) is 6. The van der Waals surface area contributed by atoms with Crippen LogP contribution in [0.3, 0.4) is 0 Å². The van der Waals surface area contributed by atoms with Crippen molar-refractivity contribution in [3.8, 4) is 11.3 Å². The topological polar surface area (TPSA) is 100 Å². The molecule has 4 aromatic rings. The van der Waals surface area contributed by atoms with E-state index in [1.807, 2.05) is 0 Å². The minimum Gasteiger partial charge on any atom is -0.480 e. The summed E-state index contributed by atoms with van der Waals surface area (Å²) < 4.78 is 79.0. The van der Waals surface area contributed by atoms with E-state index in [2.05, 4.69) is 25.6 Å². The molecule has 4 rings (SSSR count). The lowest BCUT2D eigenvalue weighted by atomic mass is 10.0. The number of fused-ring (bicyclic) bond motifs is 1. The number of alkyl halides is 6. The van der Waals surface area contributed by atoms with Crippen LogP contribution >= 0.6 is 0 Å². The Hall–Kier alpha value is -4.42. The molecule has 0 spiro atoms. The summed E-state index contributed by atoms with van der Waals surface area (Å²) in [6.07, 6.45) is -7.97. The molecule has 2 aromatic carbocycles. The van der Waals surface area contributed by atoms with Crippen LogP contribution in [-0.4, -0.2) is 32.6 Å². The van der Waals surface area contributed by atoms with Gasteiger partial charge in [0.15, 0.2) is 0 Å². The van der Waals surface area contributed by atoms with E-state index in [1.165, 1.54) is 36.5 Å². The van der Waals surface area contributed by atoms with Crippen molar-refractivity contribution in [2.75, 3.05) is 17.2 Å². The second-order valence-corrected chi connectivity index (χ2v) is 7.47. The van der Waals surface area contributed by atoms with Crippen LogP contribution in [0.5, 0.6) is 0 Å². The van der Waals surface area contributed by atoms with Gasteiger partial charge < -0.3 is 15.7 Å². The summed E-state index contributed by atoms with van der Waals surface area (Å²) in [6, 6.07) is 10.3. The third-order valence-electron chi connectivity index (χ3n) is 4.96. The van der Waals surface area contributed by atoms with Crippen molar-refractivity contribution < 1.29 is 36.2 Å². The average molecular weight is 507 g/mol. The van der Waals surface area contributed by atoms with Gasteiger partial charge in [-0.25, -0.2) is 4.98 Å². The highest BCUT2D eigenvalue weighted by Gasteiger charge is 2.34. The SMILES string of the molecule is O=C(O)CNc1nc(Nc2ccc(C(F)(F)F)cc2)c2ccc(-c3ncccc3C(F)(F)F)cc2n1. The van der Waals surface area contributed by atoms with Crippen LogP contribution in [0.25, 0.3) is 22.2 Å². The Morgan fingerprint density at radius 1 is 0.917 bits per heavy atom. The van der Waals surface area contributed by atoms with Crippen molar-refractivity contribution in [1.82, 2.24) is 15.0 Å². The van der Waals surface area contributed by atoms with Crippen molar-refractivity contribution in [3.63, 3.8) is 0 Å². The number of aromatic nitrogens is 3. The molecule has 2 heterocycles. The minimum atomic E-state index is -4.66. The quantitative estimate of drug-likeness (QED) is 0.277. The average Bonchev–Trinajstić information content (AvgIpc) is 2.81. The lowest BCUT2D eigenvalue weighted by Crippen LogP contribution is -2.15. The predicted octanol–water partition coefficient (Wildman–Crippen LogP) is 5.97. The number of rotatable bonds is 6. The molecule has 0 saturated heterocycles. The molecule has 186 valence electrons. The number of anilines is 3. The minimum absolute atomic E-state index is 0.0938. The summed E-state index contributed by atoms with van der Waals surface area (Å²) in [4.78, 5) is 23.2. The first kappa shape index (κ1) is 24.7. The predicted molar refractivity (Wildman–Crippen MR) is 119 cm³/mol. The van der Waals surface area contributed by atoms with E-state index >= 15 is 0 Å². The molecule has 0 amide bonds. The molecule has 0 radical (unpaired) electrons. The smallest absolute Gasteiger partial charge is 0.418 e. The molecule has 0 aliphatic carbocycles. The molecule has 0 atom stereocenters. The molecule has 0 aliphatic rings. The Morgan fingerprint density at radius 2 is 1.64 bits per heavy atom.